The van der Waals surface area contributed by atoms with Gasteiger partial charge in [-0.05, 0) is 68.2 Å². The first-order chi connectivity index (χ1) is 13.2. The fourth-order valence-electron chi connectivity index (χ4n) is 3.52. The predicted octanol–water partition coefficient (Wildman–Crippen LogP) is 7.42. The zero-order chi connectivity index (χ0) is 18.6. The van der Waals surface area contributed by atoms with E-state index in [0.29, 0.717) is 0 Å². The molecule has 3 aromatic rings. The highest BCUT2D eigenvalue weighted by molar-refractivity contribution is 5.73. The van der Waals surface area contributed by atoms with Crippen LogP contribution in [0.5, 0.6) is 0 Å². The van der Waals surface area contributed by atoms with Gasteiger partial charge in [0.25, 0.3) is 0 Å². The van der Waals surface area contributed by atoms with Crippen LogP contribution in [0.1, 0.15) is 25.3 Å². The molecule has 0 amide bonds. The van der Waals surface area contributed by atoms with Crippen molar-refractivity contribution < 1.29 is 0 Å². The number of hydrogen-bond donors (Lipinski definition) is 0. The maximum Gasteiger partial charge on any atom is 0.0458 e. The van der Waals surface area contributed by atoms with Gasteiger partial charge in [0.1, 0.15) is 0 Å². The second-order valence-corrected chi connectivity index (χ2v) is 7.25. The monoisotopic (exact) mass is 351 g/mol. The molecule has 1 aliphatic carbocycles. The average Bonchev–Trinajstić information content (AvgIpc) is 2.72. The molecule has 0 fully saturated rings. The maximum absolute atomic E-state index is 2.39. The highest BCUT2D eigenvalue weighted by Gasteiger charge is 2.16. The van der Waals surface area contributed by atoms with Crippen LogP contribution in [0, 0.1) is 6.92 Å². The van der Waals surface area contributed by atoms with E-state index in [0.717, 1.165) is 12.8 Å². The summed E-state index contributed by atoms with van der Waals surface area (Å²) in [4.78, 5) is 2.39. The minimum atomic E-state index is 1.07. The van der Waals surface area contributed by atoms with Crippen molar-refractivity contribution in [3.8, 4) is 11.1 Å². The summed E-state index contributed by atoms with van der Waals surface area (Å²) in [7, 11) is 0. The van der Waals surface area contributed by atoms with Crippen LogP contribution in [0.2, 0.25) is 0 Å². The van der Waals surface area contributed by atoms with E-state index in [9.17, 15) is 0 Å². The number of nitrogens with zero attached hydrogens (tertiary/aromatic N) is 1. The van der Waals surface area contributed by atoms with Gasteiger partial charge in [-0.25, -0.2) is 0 Å². The molecular formula is C26H25N. The van der Waals surface area contributed by atoms with E-state index < -0.39 is 0 Å². The van der Waals surface area contributed by atoms with Crippen LogP contribution in [0.4, 0.5) is 11.4 Å². The molecule has 0 radical (unpaired) electrons. The first kappa shape index (κ1) is 17.4. The lowest BCUT2D eigenvalue weighted by Gasteiger charge is -2.29. The van der Waals surface area contributed by atoms with Gasteiger partial charge in [0.2, 0.25) is 0 Å². The van der Waals surface area contributed by atoms with E-state index in [4.69, 9.17) is 0 Å². The Kier molecular flexibility index (Phi) is 4.93. The first-order valence-corrected chi connectivity index (χ1v) is 9.59. The van der Waals surface area contributed by atoms with E-state index in [2.05, 4.69) is 110 Å². The lowest BCUT2D eigenvalue weighted by atomic mass is 10.0. The van der Waals surface area contributed by atoms with Crippen molar-refractivity contribution in [3.05, 3.63) is 108 Å². The minimum absolute atomic E-state index is 1.07. The van der Waals surface area contributed by atoms with Gasteiger partial charge in [-0.15, -0.1) is 0 Å². The normalized spacial score (nSPS) is 13.7. The van der Waals surface area contributed by atoms with Gasteiger partial charge < -0.3 is 4.90 Å². The number of allylic oxidation sites excluding steroid dienone is 4. The fraction of sp³-hybridized carbons (Fsp3) is 0.154. The quantitative estimate of drug-likeness (QED) is 0.472. The van der Waals surface area contributed by atoms with Crippen LogP contribution >= 0.6 is 0 Å². The second-order valence-electron chi connectivity index (χ2n) is 7.25. The molecule has 0 aromatic heterocycles. The van der Waals surface area contributed by atoms with Gasteiger partial charge in [0.05, 0.1) is 0 Å². The third kappa shape index (κ3) is 3.88. The van der Waals surface area contributed by atoms with Crippen molar-refractivity contribution in [2.24, 2.45) is 0 Å². The zero-order valence-corrected chi connectivity index (χ0v) is 16.0. The molecule has 4 rings (SSSR count). The zero-order valence-electron chi connectivity index (χ0n) is 16.0. The molecule has 0 saturated heterocycles. The van der Waals surface area contributed by atoms with Gasteiger partial charge in [0.15, 0.2) is 0 Å². The van der Waals surface area contributed by atoms with E-state index in [1.54, 1.807) is 0 Å². The number of benzene rings is 3. The second kappa shape index (κ2) is 7.67. The summed E-state index contributed by atoms with van der Waals surface area (Å²) in [6.07, 6.45) is 6.70. The first-order valence-electron chi connectivity index (χ1n) is 9.59. The highest BCUT2D eigenvalue weighted by Crippen LogP contribution is 2.35. The number of hydrogen-bond acceptors (Lipinski definition) is 1. The third-order valence-corrected chi connectivity index (χ3v) is 5.15. The summed E-state index contributed by atoms with van der Waals surface area (Å²) < 4.78 is 0. The molecule has 0 heterocycles. The van der Waals surface area contributed by atoms with Crippen LogP contribution < -0.4 is 4.90 Å². The minimum Gasteiger partial charge on any atom is -0.314 e. The van der Waals surface area contributed by atoms with Gasteiger partial charge in [-0.3, -0.25) is 0 Å². The molecule has 1 nitrogen and oxygen atoms in total. The molecule has 1 heteroatoms. The Labute approximate surface area is 162 Å². The molecule has 0 saturated carbocycles. The van der Waals surface area contributed by atoms with Gasteiger partial charge in [-0.1, -0.05) is 71.8 Å². The Bertz CT molecular complexity index is 961. The molecule has 3 aromatic carbocycles. The predicted molar refractivity (Wildman–Crippen MR) is 116 cm³/mol. The summed E-state index contributed by atoms with van der Waals surface area (Å²) in [5.74, 6) is 0. The summed E-state index contributed by atoms with van der Waals surface area (Å²) in [5.41, 5.74) is 8.99. The number of aryl methyl sites for hydroxylation is 1. The highest BCUT2D eigenvalue weighted by atomic mass is 15.1. The lowest BCUT2D eigenvalue weighted by molar-refractivity contribution is 0.874. The Hall–Kier alpha value is -3.06. The molecule has 0 spiro atoms. The van der Waals surface area contributed by atoms with Crippen molar-refractivity contribution in [2.45, 2.75) is 26.7 Å². The van der Waals surface area contributed by atoms with Crippen LogP contribution in [-0.2, 0) is 0 Å². The van der Waals surface area contributed by atoms with Gasteiger partial charge in [-0.2, -0.15) is 0 Å². The summed E-state index contributed by atoms with van der Waals surface area (Å²) in [5, 5.41) is 0. The summed E-state index contributed by atoms with van der Waals surface area (Å²) in [6.45, 7) is 4.34. The van der Waals surface area contributed by atoms with Crippen LogP contribution in [0.25, 0.3) is 11.1 Å². The van der Waals surface area contributed by atoms with Crippen molar-refractivity contribution >= 4 is 11.4 Å². The van der Waals surface area contributed by atoms with Gasteiger partial charge >= 0.3 is 0 Å². The van der Waals surface area contributed by atoms with E-state index in [1.807, 2.05) is 0 Å². The molecule has 0 bridgehead atoms. The largest absolute Gasteiger partial charge is 0.314 e. The number of rotatable bonds is 4. The standard InChI is InChI=1S/C26H25N/c1-20-8-14-24(15-9-20)27(25-16-10-21(2)11-17-25)26-18-12-23(13-19-26)22-6-4-3-5-7-22/h3-10,12-16,18-19H,11,17H2,1-2H3. The SMILES string of the molecule is CC1=CC=C(N(c2ccc(C)cc2)c2ccc(-c3ccccc3)cc2)CC1. The number of anilines is 2. The van der Waals surface area contributed by atoms with E-state index >= 15 is 0 Å². The van der Waals surface area contributed by atoms with Crippen LogP contribution in [0.3, 0.4) is 0 Å². The van der Waals surface area contributed by atoms with Crippen molar-refractivity contribution in [3.63, 3.8) is 0 Å². The third-order valence-electron chi connectivity index (χ3n) is 5.15. The van der Waals surface area contributed by atoms with Crippen LogP contribution in [0.15, 0.2) is 102 Å². The van der Waals surface area contributed by atoms with E-state index in [1.165, 1.54) is 39.3 Å². The molecule has 27 heavy (non-hydrogen) atoms. The molecule has 0 aliphatic heterocycles. The Morgan fingerprint density at radius 1 is 0.593 bits per heavy atom. The van der Waals surface area contributed by atoms with Gasteiger partial charge in [0, 0.05) is 17.1 Å². The van der Waals surface area contributed by atoms with Crippen LogP contribution in [-0.4, -0.2) is 0 Å². The fourth-order valence-corrected chi connectivity index (χ4v) is 3.52. The molecule has 0 N–H and O–H groups in total. The molecule has 134 valence electrons. The summed E-state index contributed by atoms with van der Waals surface area (Å²) in [6, 6.07) is 28.2. The van der Waals surface area contributed by atoms with E-state index in [-0.39, 0.29) is 0 Å². The maximum atomic E-state index is 2.39. The Morgan fingerprint density at radius 2 is 1.19 bits per heavy atom. The smallest absolute Gasteiger partial charge is 0.0458 e. The summed E-state index contributed by atoms with van der Waals surface area (Å²) >= 11 is 0. The average molecular weight is 351 g/mol. The molecular weight excluding hydrogens is 326 g/mol. The van der Waals surface area contributed by atoms with Crippen molar-refractivity contribution in [1.29, 1.82) is 0 Å². The Morgan fingerprint density at radius 3 is 1.78 bits per heavy atom. The lowest BCUT2D eigenvalue weighted by Crippen LogP contribution is -2.17. The topological polar surface area (TPSA) is 3.24 Å². The van der Waals surface area contributed by atoms with Crippen molar-refractivity contribution in [2.75, 3.05) is 4.90 Å². The molecule has 0 atom stereocenters. The molecule has 0 unspecified atom stereocenters. The molecule has 1 aliphatic rings. The van der Waals surface area contributed by atoms with Crippen molar-refractivity contribution in [1.82, 2.24) is 0 Å². The Balaban J connectivity index is 1.73.